The fraction of sp³-hybridized carbons (Fsp3) is 0.292. The number of ether oxygens (including phenoxy) is 2. The van der Waals surface area contributed by atoms with Crippen LogP contribution in [0.4, 0.5) is 0 Å². The average molecular weight is 496 g/mol. The van der Waals surface area contributed by atoms with Crippen LogP contribution in [0.3, 0.4) is 0 Å². The van der Waals surface area contributed by atoms with Crippen molar-refractivity contribution in [1.29, 1.82) is 0 Å². The van der Waals surface area contributed by atoms with Crippen molar-refractivity contribution in [3.63, 3.8) is 0 Å². The number of halogens is 3. The number of aliphatic hydroxyl groups is 1. The molecule has 0 amide bonds. The maximum absolute atomic E-state index is 10.1. The van der Waals surface area contributed by atoms with Gasteiger partial charge in [0.1, 0.15) is 25.1 Å². The predicted octanol–water partition coefficient (Wildman–Crippen LogP) is 6.09. The summed E-state index contributed by atoms with van der Waals surface area (Å²) >= 11 is 18.4. The van der Waals surface area contributed by atoms with E-state index >= 15 is 0 Å². The van der Waals surface area contributed by atoms with Gasteiger partial charge in [0.2, 0.25) is 0 Å². The molecule has 1 aromatic heterocycles. The number of nitrogens with zero attached hydrogens (tertiary/aromatic N) is 2. The molecule has 1 N–H and O–H groups in total. The van der Waals surface area contributed by atoms with Crippen molar-refractivity contribution < 1.29 is 14.6 Å². The van der Waals surface area contributed by atoms with Crippen molar-refractivity contribution in [2.45, 2.75) is 31.9 Å². The van der Waals surface area contributed by atoms with Gasteiger partial charge < -0.3 is 19.1 Å². The number of imidazole rings is 1. The maximum atomic E-state index is 10.1. The lowest BCUT2D eigenvalue weighted by atomic mass is 9.78. The zero-order valence-corrected chi connectivity index (χ0v) is 20.1. The molecule has 0 radical (unpaired) electrons. The maximum Gasteiger partial charge on any atom is 0.156 e. The molecule has 0 saturated heterocycles. The largest absolute Gasteiger partial charge is 0.491 e. The quantitative estimate of drug-likeness (QED) is 0.370. The number of rotatable bonds is 10. The van der Waals surface area contributed by atoms with Gasteiger partial charge in [-0.1, -0.05) is 60.8 Å². The van der Waals surface area contributed by atoms with E-state index in [0.717, 1.165) is 11.1 Å². The highest BCUT2D eigenvalue weighted by molar-refractivity contribution is 6.37. The first kappa shape index (κ1) is 24.5. The number of aromatic nitrogens is 2. The molecule has 0 aliphatic heterocycles. The standard InChI is InChI=1S/C24H25Cl3N2O3/c1-24(2,18-12-21(26)23(22(27)13-18)31-11-3-8-25)17-4-6-20(7-5-17)32-15-19(30)14-29-10-9-28-16-29/h3-10,12-13,16,19,30H,11,14-15H2,1-2H3/b8-3+/t19-/m1/s1. The van der Waals surface area contributed by atoms with E-state index in [1.807, 2.05) is 36.4 Å². The van der Waals surface area contributed by atoms with E-state index in [-0.39, 0.29) is 18.6 Å². The van der Waals surface area contributed by atoms with Crippen LogP contribution in [0.5, 0.6) is 11.5 Å². The highest BCUT2D eigenvalue weighted by Crippen LogP contribution is 2.40. The van der Waals surface area contributed by atoms with Gasteiger partial charge in [-0.25, -0.2) is 4.98 Å². The number of hydrogen-bond acceptors (Lipinski definition) is 4. The summed E-state index contributed by atoms with van der Waals surface area (Å²) in [6, 6.07) is 11.5. The van der Waals surface area contributed by atoms with Gasteiger partial charge in [0, 0.05) is 23.3 Å². The summed E-state index contributed by atoms with van der Waals surface area (Å²) in [5.41, 5.74) is 3.04. The minimum absolute atomic E-state index is 0.187. The zero-order chi connectivity index (χ0) is 23.1. The van der Waals surface area contributed by atoms with E-state index in [9.17, 15) is 5.11 Å². The van der Waals surface area contributed by atoms with Crippen molar-refractivity contribution in [2.24, 2.45) is 0 Å². The molecule has 0 spiro atoms. The van der Waals surface area contributed by atoms with Gasteiger partial charge in [0.15, 0.2) is 5.75 Å². The Kier molecular flexibility index (Phi) is 8.49. The fourth-order valence-electron chi connectivity index (χ4n) is 3.24. The normalized spacial score (nSPS) is 12.8. The Morgan fingerprint density at radius 3 is 2.38 bits per heavy atom. The lowest BCUT2D eigenvalue weighted by Crippen LogP contribution is -2.23. The van der Waals surface area contributed by atoms with E-state index in [0.29, 0.717) is 28.1 Å². The van der Waals surface area contributed by atoms with Crippen molar-refractivity contribution in [2.75, 3.05) is 13.2 Å². The molecule has 0 saturated carbocycles. The Balaban J connectivity index is 1.67. The second-order valence-corrected chi connectivity index (χ2v) is 8.88. The van der Waals surface area contributed by atoms with Crippen molar-refractivity contribution in [1.82, 2.24) is 9.55 Å². The monoisotopic (exact) mass is 494 g/mol. The number of aliphatic hydroxyl groups excluding tert-OH is 1. The molecule has 170 valence electrons. The van der Waals surface area contributed by atoms with Crippen LogP contribution in [-0.2, 0) is 12.0 Å². The molecule has 3 rings (SSSR count). The first-order chi connectivity index (χ1) is 15.3. The molecule has 0 bridgehead atoms. The average Bonchev–Trinajstić information content (AvgIpc) is 3.27. The van der Waals surface area contributed by atoms with Gasteiger partial charge in [0.25, 0.3) is 0 Å². The smallest absolute Gasteiger partial charge is 0.156 e. The van der Waals surface area contributed by atoms with E-state index in [1.165, 1.54) is 5.54 Å². The van der Waals surface area contributed by atoms with Crippen LogP contribution in [0.1, 0.15) is 25.0 Å². The molecule has 2 aromatic carbocycles. The summed E-state index contributed by atoms with van der Waals surface area (Å²) in [6.07, 6.45) is 6.16. The van der Waals surface area contributed by atoms with Crippen LogP contribution in [0.25, 0.3) is 0 Å². The van der Waals surface area contributed by atoms with E-state index in [4.69, 9.17) is 44.3 Å². The van der Waals surface area contributed by atoms with Gasteiger partial charge in [-0.2, -0.15) is 0 Å². The summed E-state index contributed by atoms with van der Waals surface area (Å²) in [7, 11) is 0. The first-order valence-electron chi connectivity index (χ1n) is 10.1. The summed E-state index contributed by atoms with van der Waals surface area (Å²) in [4.78, 5) is 3.96. The Morgan fingerprint density at radius 2 is 1.78 bits per heavy atom. The molecule has 0 aliphatic rings. The van der Waals surface area contributed by atoms with Crippen LogP contribution in [0.15, 0.2) is 66.7 Å². The fourth-order valence-corrected chi connectivity index (χ4v) is 3.91. The van der Waals surface area contributed by atoms with Crippen LogP contribution >= 0.6 is 34.8 Å². The minimum atomic E-state index is -0.634. The van der Waals surface area contributed by atoms with Gasteiger partial charge in [-0.15, -0.1) is 0 Å². The topological polar surface area (TPSA) is 56.5 Å². The predicted molar refractivity (Wildman–Crippen MR) is 129 cm³/mol. The van der Waals surface area contributed by atoms with Gasteiger partial charge in [0.05, 0.1) is 22.9 Å². The molecule has 32 heavy (non-hydrogen) atoms. The van der Waals surface area contributed by atoms with Crippen LogP contribution in [-0.4, -0.2) is 34.0 Å². The molecule has 0 unspecified atom stereocenters. The first-order valence-corrected chi connectivity index (χ1v) is 11.2. The molecule has 3 aromatic rings. The lowest BCUT2D eigenvalue weighted by Gasteiger charge is -2.27. The molecular formula is C24H25Cl3N2O3. The lowest BCUT2D eigenvalue weighted by molar-refractivity contribution is 0.0924. The Morgan fingerprint density at radius 1 is 1.09 bits per heavy atom. The Hall–Kier alpha value is -2.18. The zero-order valence-electron chi connectivity index (χ0n) is 17.8. The molecule has 5 nitrogen and oxygen atoms in total. The highest BCUT2D eigenvalue weighted by atomic mass is 35.5. The van der Waals surface area contributed by atoms with Crippen LogP contribution in [0.2, 0.25) is 10.0 Å². The van der Waals surface area contributed by atoms with Gasteiger partial charge in [-0.05, 0) is 41.5 Å². The van der Waals surface area contributed by atoms with Crippen LogP contribution < -0.4 is 9.47 Å². The highest BCUT2D eigenvalue weighted by Gasteiger charge is 2.25. The van der Waals surface area contributed by atoms with E-state index in [1.54, 1.807) is 29.4 Å². The summed E-state index contributed by atoms with van der Waals surface area (Å²) < 4.78 is 13.1. The van der Waals surface area contributed by atoms with E-state index < -0.39 is 6.10 Å². The molecule has 0 fully saturated rings. The van der Waals surface area contributed by atoms with Gasteiger partial charge >= 0.3 is 0 Å². The third-order valence-corrected chi connectivity index (χ3v) is 5.87. The molecule has 1 heterocycles. The van der Waals surface area contributed by atoms with E-state index in [2.05, 4.69) is 18.8 Å². The second kappa shape index (κ2) is 11.1. The summed E-state index contributed by atoms with van der Waals surface area (Å²) in [5, 5.41) is 11.0. The van der Waals surface area contributed by atoms with Crippen molar-refractivity contribution in [3.05, 3.63) is 87.9 Å². The summed E-state index contributed by atoms with van der Waals surface area (Å²) in [6.45, 7) is 5.08. The summed E-state index contributed by atoms with van der Waals surface area (Å²) in [5.74, 6) is 1.11. The minimum Gasteiger partial charge on any atom is -0.491 e. The SMILES string of the molecule is CC(C)(c1ccc(OC[C@H](O)Cn2ccnc2)cc1)c1cc(Cl)c(OC/C=C/Cl)c(Cl)c1. The molecule has 8 heteroatoms. The Labute approximate surface area is 203 Å². The number of hydrogen-bond donors (Lipinski definition) is 1. The number of benzene rings is 2. The second-order valence-electron chi connectivity index (χ2n) is 7.82. The van der Waals surface area contributed by atoms with Crippen molar-refractivity contribution >= 4 is 34.8 Å². The molecular weight excluding hydrogens is 471 g/mol. The van der Waals surface area contributed by atoms with Crippen molar-refractivity contribution in [3.8, 4) is 11.5 Å². The Bertz CT molecular complexity index is 1010. The third kappa shape index (κ3) is 6.20. The van der Waals surface area contributed by atoms with Crippen LogP contribution in [0, 0.1) is 0 Å². The molecule has 0 aliphatic carbocycles. The molecule has 1 atom stereocenters. The third-order valence-electron chi connectivity index (χ3n) is 5.13. The van der Waals surface area contributed by atoms with Gasteiger partial charge in [-0.3, -0.25) is 0 Å².